The van der Waals surface area contributed by atoms with Gasteiger partial charge in [-0.15, -0.1) is 0 Å². The first-order chi connectivity index (χ1) is 23.5. The second-order valence-corrected chi connectivity index (χ2v) is 12.9. The zero-order chi connectivity index (χ0) is 37.4. The lowest BCUT2D eigenvalue weighted by Gasteiger charge is -2.23. The van der Waals surface area contributed by atoms with Crippen molar-refractivity contribution < 1.29 is 49.5 Å². The highest BCUT2D eigenvalue weighted by molar-refractivity contribution is 6.53. The van der Waals surface area contributed by atoms with E-state index in [2.05, 4.69) is 5.32 Å². The molecule has 1 aromatic carbocycles. The molecule has 6 N–H and O–H groups in total. The number of aryl methyl sites for hydroxylation is 1. The second kappa shape index (κ2) is 17.1. The van der Waals surface area contributed by atoms with Crippen molar-refractivity contribution in [1.29, 1.82) is 0 Å². The van der Waals surface area contributed by atoms with Gasteiger partial charge in [-0.05, 0) is 50.0 Å². The lowest BCUT2D eigenvalue weighted by molar-refractivity contribution is -0.118. The third-order valence-corrected chi connectivity index (χ3v) is 8.81. The maximum absolute atomic E-state index is 13.7. The highest BCUT2D eigenvalue weighted by Crippen LogP contribution is 2.37. The van der Waals surface area contributed by atoms with Crippen LogP contribution in [0.2, 0.25) is 0 Å². The molecule has 50 heavy (non-hydrogen) atoms. The summed E-state index contributed by atoms with van der Waals surface area (Å²) in [7, 11) is 0. The lowest BCUT2D eigenvalue weighted by atomic mass is 9.82. The predicted molar refractivity (Wildman–Crippen MR) is 188 cm³/mol. The number of ketones is 4. The van der Waals surface area contributed by atoms with E-state index in [1.807, 2.05) is 0 Å². The highest BCUT2D eigenvalue weighted by Gasteiger charge is 2.39. The predicted octanol–water partition coefficient (Wildman–Crippen LogP) is 4.46. The van der Waals surface area contributed by atoms with E-state index in [-0.39, 0.29) is 35.3 Å². The number of hydrogen-bond donors (Lipinski definition) is 6. The minimum absolute atomic E-state index is 0.0421. The molecule has 0 saturated heterocycles. The summed E-state index contributed by atoms with van der Waals surface area (Å²) < 4.78 is 0. The second-order valence-electron chi connectivity index (χ2n) is 12.9. The van der Waals surface area contributed by atoms with Crippen LogP contribution in [0.4, 0.5) is 0 Å². The molecule has 0 fully saturated rings. The SMILES string of the molecule is CC1=CC(C)C(O)C(C)/C=C/C(O)C/C=C(/C)C(=O)CC(O)C(C)\C=C/C=C\C=C\C(=O)NC2=C(O)c3cc(C)c(O)c(c3C(=O)C2=O)C1=O. The van der Waals surface area contributed by atoms with Crippen LogP contribution in [0.3, 0.4) is 0 Å². The van der Waals surface area contributed by atoms with Gasteiger partial charge in [0.25, 0.3) is 5.78 Å². The van der Waals surface area contributed by atoms with E-state index >= 15 is 0 Å². The maximum Gasteiger partial charge on any atom is 0.253 e. The minimum atomic E-state index is -1.29. The molecule has 1 aliphatic carbocycles. The van der Waals surface area contributed by atoms with Crippen LogP contribution in [0, 0.1) is 24.7 Å². The van der Waals surface area contributed by atoms with Crippen molar-refractivity contribution in [3.05, 3.63) is 106 Å². The van der Waals surface area contributed by atoms with Crippen molar-refractivity contribution >= 4 is 34.8 Å². The fourth-order valence-corrected chi connectivity index (χ4v) is 5.53. The molecule has 6 unspecified atom stereocenters. The molecule has 2 heterocycles. The summed E-state index contributed by atoms with van der Waals surface area (Å²) >= 11 is 0. The monoisotopic (exact) mass is 687 g/mol. The number of amides is 1. The van der Waals surface area contributed by atoms with Gasteiger partial charge in [-0.2, -0.15) is 0 Å². The smallest absolute Gasteiger partial charge is 0.253 e. The minimum Gasteiger partial charge on any atom is -0.507 e. The number of nitrogens with one attached hydrogen (secondary N) is 1. The van der Waals surface area contributed by atoms with Crippen molar-refractivity contribution in [2.45, 2.75) is 72.7 Å². The number of fused-ring (bicyclic) bond motifs is 18. The summed E-state index contributed by atoms with van der Waals surface area (Å²) in [5.41, 5.74) is -1.36. The Morgan fingerprint density at radius 1 is 0.720 bits per heavy atom. The summed E-state index contributed by atoms with van der Waals surface area (Å²) in [5.74, 6) is -7.27. The van der Waals surface area contributed by atoms with Gasteiger partial charge in [0, 0.05) is 35.8 Å². The Balaban J connectivity index is 2.07. The average molecular weight is 688 g/mol. The highest BCUT2D eigenvalue weighted by atomic mass is 16.3. The fourth-order valence-electron chi connectivity index (χ4n) is 5.53. The molecule has 2 aliphatic heterocycles. The van der Waals surface area contributed by atoms with Gasteiger partial charge in [-0.25, -0.2) is 0 Å². The van der Waals surface area contributed by atoms with E-state index in [1.54, 1.807) is 58.1 Å². The Labute approximate surface area is 291 Å². The van der Waals surface area contributed by atoms with Crippen LogP contribution in [0.15, 0.2) is 83.7 Å². The Kier molecular flexibility index (Phi) is 13.5. The van der Waals surface area contributed by atoms with E-state index in [4.69, 9.17) is 0 Å². The quantitative estimate of drug-likeness (QED) is 0.167. The summed E-state index contributed by atoms with van der Waals surface area (Å²) in [6.45, 7) is 9.57. The molecule has 3 aliphatic rings. The molecule has 11 nitrogen and oxygen atoms in total. The van der Waals surface area contributed by atoms with Crippen molar-refractivity contribution in [2.24, 2.45) is 17.8 Å². The van der Waals surface area contributed by atoms with Crippen LogP contribution in [0.1, 0.15) is 79.3 Å². The van der Waals surface area contributed by atoms with Crippen molar-refractivity contribution in [2.75, 3.05) is 0 Å². The van der Waals surface area contributed by atoms with Crippen LogP contribution in [-0.4, -0.2) is 72.9 Å². The number of phenols is 1. The third-order valence-electron chi connectivity index (χ3n) is 8.81. The lowest BCUT2D eigenvalue weighted by Crippen LogP contribution is -2.35. The molecule has 0 radical (unpaired) electrons. The van der Waals surface area contributed by atoms with Crippen molar-refractivity contribution in [3.8, 4) is 5.75 Å². The first kappa shape index (κ1) is 39.5. The van der Waals surface area contributed by atoms with Crippen LogP contribution in [-0.2, 0) is 14.4 Å². The number of rotatable bonds is 0. The molecular weight excluding hydrogens is 642 g/mol. The van der Waals surface area contributed by atoms with Crippen LogP contribution < -0.4 is 5.32 Å². The fraction of sp³-hybridized carbons (Fsp3) is 0.359. The standard InChI is InChI=1S/C39H45NO10/c1-20-11-9-7-8-10-12-30(44)40-33-37(48)27-18-25(6)36(47)32(31(27)38(49)39(33)50)35(46)24(5)17-23(4)34(45)22(3)14-16-26(41)15-13-21(2)29(43)19-28(20)42/h7-14,16-18,20,22-23,26,28,34,41-42,45,47-48H,15,19H2,1-6H3,(H,40,44)/b8-7-,11-9-,12-10+,16-14+,21-13-,24-17?. The summed E-state index contributed by atoms with van der Waals surface area (Å²) in [5, 5.41) is 56.2. The number of benzene rings is 1. The summed E-state index contributed by atoms with van der Waals surface area (Å²) in [4.78, 5) is 65.5. The Morgan fingerprint density at radius 3 is 2.06 bits per heavy atom. The number of aromatic hydroxyl groups is 1. The molecule has 266 valence electrons. The first-order valence-electron chi connectivity index (χ1n) is 16.3. The van der Waals surface area contributed by atoms with E-state index in [0.29, 0.717) is 5.57 Å². The van der Waals surface area contributed by atoms with E-state index in [1.165, 1.54) is 44.2 Å². The zero-order valence-corrected chi connectivity index (χ0v) is 29.0. The van der Waals surface area contributed by atoms with Crippen molar-refractivity contribution in [1.82, 2.24) is 5.32 Å². The van der Waals surface area contributed by atoms with Gasteiger partial charge in [0.15, 0.2) is 17.3 Å². The summed E-state index contributed by atoms with van der Waals surface area (Å²) in [6, 6.07) is 1.23. The van der Waals surface area contributed by atoms with E-state index < -0.39 is 87.7 Å². The zero-order valence-electron chi connectivity index (χ0n) is 29.0. The van der Waals surface area contributed by atoms with Gasteiger partial charge in [-0.3, -0.25) is 24.0 Å². The number of Topliss-reactive ketones (excluding diaryl/α,β-unsaturated/α-hetero) is 4. The van der Waals surface area contributed by atoms with E-state index in [0.717, 1.165) is 6.08 Å². The molecule has 0 saturated carbocycles. The van der Waals surface area contributed by atoms with Gasteiger partial charge in [0.2, 0.25) is 11.7 Å². The largest absolute Gasteiger partial charge is 0.507 e. The Bertz CT molecular complexity index is 1770. The number of aliphatic hydroxyl groups is 4. The molecule has 1 aromatic rings. The summed E-state index contributed by atoms with van der Waals surface area (Å²) in [6.07, 6.45) is 11.9. The molecular formula is C39H45NO10. The number of phenolic OH excluding ortho intramolecular Hbond substituents is 1. The van der Waals surface area contributed by atoms with Crippen LogP contribution in [0.5, 0.6) is 5.75 Å². The average Bonchev–Trinajstić information content (AvgIpc) is 3.07. The number of carbonyl (C=O) groups excluding carboxylic acids is 5. The Morgan fingerprint density at radius 2 is 1.38 bits per heavy atom. The molecule has 6 atom stereocenters. The molecule has 0 spiro atoms. The van der Waals surface area contributed by atoms with Gasteiger partial charge < -0.3 is 30.8 Å². The van der Waals surface area contributed by atoms with Crippen LogP contribution >= 0.6 is 0 Å². The van der Waals surface area contributed by atoms with Gasteiger partial charge in [-0.1, -0.05) is 75.5 Å². The number of aliphatic hydroxyl groups excluding tert-OH is 4. The van der Waals surface area contributed by atoms with Crippen molar-refractivity contribution in [3.63, 3.8) is 0 Å². The first-order valence-corrected chi connectivity index (χ1v) is 16.3. The molecule has 11 heteroatoms. The molecule has 4 rings (SSSR count). The van der Waals surface area contributed by atoms with E-state index in [9.17, 15) is 49.5 Å². The van der Waals surface area contributed by atoms with Gasteiger partial charge >= 0.3 is 0 Å². The number of hydrogen-bond acceptors (Lipinski definition) is 10. The van der Waals surface area contributed by atoms with Gasteiger partial charge in [0.05, 0.1) is 29.4 Å². The molecule has 4 bridgehead atoms. The topological polar surface area (TPSA) is 199 Å². The van der Waals surface area contributed by atoms with Gasteiger partial charge in [0.1, 0.15) is 11.4 Å². The number of carbonyl (C=O) groups is 5. The van der Waals surface area contributed by atoms with Crippen LogP contribution in [0.25, 0.3) is 5.76 Å². The number of allylic oxidation sites excluding steroid dienone is 7. The normalized spacial score (nSPS) is 30.3. The molecule has 0 aromatic heterocycles. The maximum atomic E-state index is 13.7. The third kappa shape index (κ3) is 9.38. The Hall–Kier alpha value is -4.97. The molecule has 1 amide bonds.